The van der Waals surface area contributed by atoms with E-state index in [4.69, 9.17) is 4.74 Å². The lowest BCUT2D eigenvalue weighted by Crippen LogP contribution is -2.27. The monoisotopic (exact) mass is 193 g/mol. The number of carbonyl (C=O) groups is 1. The van der Waals surface area contributed by atoms with Crippen molar-refractivity contribution in [3.8, 4) is 0 Å². The van der Waals surface area contributed by atoms with Crippen LogP contribution in [0.5, 0.6) is 0 Å². The number of hydrogen-bond donors (Lipinski definition) is 1. The van der Waals surface area contributed by atoms with Crippen LogP contribution in [0.2, 0.25) is 0 Å². The SMILES string of the molecule is COCCNC(=O)c1ccccc1C. The molecular weight excluding hydrogens is 178 g/mol. The fourth-order valence-electron chi connectivity index (χ4n) is 1.19. The summed E-state index contributed by atoms with van der Waals surface area (Å²) in [5.74, 6) is -0.0415. The van der Waals surface area contributed by atoms with Crippen molar-refractivity contribution in [2.45, 2.75) is 6.92 Å². The van der Waals surface area contributed by atoms with Crippen LogP contribution in [0.3, 0.4) is 0 Å². The molecule has 1 aromatic carbocycles. The summed E-state index contributed by atoms with van der Waals surface area (Å²) >= 11 is 0. The number of benzene rings is 1. The number of amides is 1. The van der Waals surface area contributed by atoms with Crippen LogP contribution < -0.4 is 5.32 Å². The Morgan fingerprint density at radius 3 is 2.79 bits per heavy atom. The number of methoxy groups -OCH3 is 1. The third-order valence-electron chi connectivity index (χ3n) is 1.98. The van der Waals surface area contributed by atoms with Crippen molar-refractivity contribution in [1.29, 1.82) is 0 Å². The molecule has 0 radical (unpaired) electrons. The molecule has 0 bridgehead atoms. The largest absolute Gasteiger partial charge is 0.383 e. The van der Waals surface area contributed by atoms with Crippen LogP contribution in [-0.4, -0.2) is 26.2 Å². The Morgan fingerprint density at radius 2 is 2.14 bits per heavy atom. The topological polar surface area (TPSA) is 38.3 Å². The van der Waals surface area contributed by atoms with Crippen molar-refractivity contribution in [2.24, 2.45) is 0 Å². The van der Waals surface area contributed by atoms with Crippen LogP contribution in [0.1, 0.15) is 15.9 Å². The third kappa shape index (κ3) is 2.85. The van der Waals surface area contributed by atoms with Crippen molar-refractivity contribution in [1.82, 2.24) is 5.32 Å². The minimum absolute atomic E-state index is 0.0415. The molecule has 0 saturated heterocycles. The Hall–Kier alpha value is -1.35. The lowest BCUT2D eigenvalue weighted by atomic mass is 10.1. The molecule has 0 heterocycles. The summed E-state index contributed by atoms with van der Waals surface area (Å²) in [5.41, 5.74) is 1.71. The molecule has 14 heavy (non-hydrogen) atoms. The maximum absolute atomic E-state index is 11.6. The molecule has 0 aromatic heterocycles. The first-order valence-corrected chi connectivity index (χ1v) is 4.58. The van der Waals surface area contributed by atoms with Crippen molar-refractivity contribution in [2.75, 3.05) is 20.3 Å². The highest BCUT2D eigenvalue weighted by atomic mass is 16.5. The van der Waals surface area contributed by atoms with E-state index in [0.29, 0.717) is 13.2 Å². The average Bonchev–Trinajstić information content (AvgIpc) is 2.18. The second-order valence-corrected chi connectivity index (χ2v) is 3.06. The van der Waals surface area contributed by atoms with Crippen LogP contribution in [0.15, 0.2) is 24.3 Å². The van der Waals surface area contributed by atoms with Crippen molar-refractivity contribution >= 4 is 5.91 Å². The normalized spacial score (nSPS) is 9.86. The summed E-state index contributed by atoms with van der Waals surface area (Å²) in [5, 5.41) is 2.78. The first-order valence-electron chi connectivity index (χ1n) is 4.58. The molecular formula is C11H15NO2. The van der Waals surface area contributed by atoms with Gasteiger partial charge in [-0.3, -0.25) is 4.79 Å². The lowest BCUT2D eigenvalue weighted by molar-refractivity contribution is 0.0936. The van der Waals surface area contributed by atoms with Crippen LogP contribution in [0.25, 0.3) is 0 Å². The van der Waals surface area contributed by atoms with Gasteiger partial charge < -0.3 is 10.1 Å². The molecule has 3 nitrogen and oxygen atoms in total. The number of carbonyl (C=O) groups excluding carboxylic acids is 1. The molecule has 1 amide bonds. The quantitative estimate of drug-likeness (QED) is 0.733. The van der Waals surface area contributed by atoms with Gasteiger partial charge in [0.25, 0.3) is 5.91 Å². The van der Waals surface area contributed by atoms with Crippen LogP contribution in [0, 0.1) is 6.92 Å². The van der Waals surface area contributed by atoms with E-state index in [-0.39, 0.29) is 5.91 Å². The zero-order valence-electron chi connectivity index (χ0n) is 8.54. The fourth-order valence-corrected chi connectivity index (χ4v) is 1.19. The van der Waals surface area contributed by atoms with E-state index in [0.717, 1.165) is 11.1 Å². The molecule has 1 aromatic rings. The maximum atomic E-state index is 11.6. The Bertz CT molecular complexity index is 310. The highest BCUT2D eigenvalue weighted by Crippen LogP contribution is 2.05. The van der Waals surface area contributed by atoms with Crippen LogP contribution in [-0.2, 0) is 4.74 Å². The van der Waals surface area contributed by atoms with E-state index in [1.807, 2.05) is 31.2 Å². The molecule has 0 aliphatic carbocycles. The van der Waals surface area contributed by atoms with Crippen molar-refractivity contribution in [3.63, 3.8) is 0 Å². The molecule has 76 valence electrons. The van der Waals surface area contributed by atoms with E-state index in [2.05, 4.69) is 5.32 Å². The molecule has 0 aliphatic rings. The van der Waals surface area contributed by atoms with Gasteiger partial charge in [-0.15, -0.1) is 0 Å². The van der Waals surface area contributed by atoms with Gasteiger partial charge >= 0.3 is 0 Å². The predicted molar refractivity (Wildman–Crippen MR) is 55.4 cm³/mol. The number of ether oxygens (including phenoxy) is 1. The van der Waals surface area contributed by atoms with Gasteiger partial charge in [0, 0.05) is 19.2 Å². The minimum Gasteiger partial charge on any atom is -0.383 e. The van der Waals surface area contributed by atoms with Gasteiger partial charge in [0.05, 0.1) is 6.61 Å². The summed E-state index contributed by atoms with van der Waals surface area (Å²) in [7, 11) is 1.61. The lowest BCUT2D eigenvalue weighted by Gasteiger charge is -2.06. The molecule has 1 N–H and O–H groups in total. The third-order valence-corrected chi connectivity index (χ3v) is 1.98. The molecule has 0 aliphatic heterocycles. The van der Waals surface area contributed by atoms with E-state index in [9.17, 15) is 4.79 Å². The number of nitrogens with one attached hydrogen (secondary N) is 1. The Kier molecular flexibility index (Phi) is 4.13. The summed E-state index contributed by atoms with van der Waals surface area (Å²) in [6.45, 7) is 3.01. The fraction of sp³-hybridized carbons (Fsp3) is 0.364. The van der Waals surface area contributed by atoms with Gasteiger partial charge in [0.15, 0.2) is 0 Å². The van der Waals surface area contributed by atoms with Crippen LogP contribution >= 0.6 is 0 Å². The first-order chi connectivity index (χ1) is 6.75. The second-order valence-electron chi connectivity index (χ2n) is 3.06. The summed E-state index contributed by atoms with van der Waals surface area (Å²) in [6.07, 6.45) is 0. The smallest absolute Gasteiger partial charge is 0.251 e. The molecule has 1 rings (SSSR count). The van der Waals surface area contributed by atoms with Gasteiger partial charge in [0.1, 0.15) is 0 Å². The van der Waals surface area contributed by atoms with Crippen molar-refractivity contribution in [3.05, 3.63) is 35.4 Å². The standard InChI is InChI=1S/C11H15NO2/c1-9-5-3-4-6-10(9)11(13)12-7-8-14-2/h3-6H,7-8H2,1-2H3,(H,12,13). The second kappa shape index (κ2) is 5.40. The van der Waals surface area contributed by atoms with E-state index < -0.39 is 0 Å². The summed E-state index contributed by atoms with van der Waals surface area (Å²) in [4.78, 5) is 11.6. The van der Waals surface area contributed by atoms with Gasteiger partial charge in [0.2, 0.25) is 0 Å². The van der Waals surface area contributed by atoms with E-state index >= 15 is 0 Å². The molecule has 0 saturated carbocycles. The average molecular weight is 193 g/mol. The van der Waals surface area contributed by atoms with Gasteiger partial charge in [-0.25, -0.2) is 0 Å². The van der Waals surface area contributed by atoms with Gasteiger partial charge in [-0.2, -0.15) is 0 Å². The van der Waals surface area contributed by atoms with E-state index in [1.54, 1.807) is 7.11 Å². The number of rotatable bonds is 4. The Balaban J connectivity index is 2.56. The molecule has 0 spiro atoms. The molecule has 0 unspecified atom stereocenters. The Morgan fingerprint density at radius 1 is 1.43 bits per heavy atom. The number of hydrogen-bond acceptors (Lipinski definition) is 2. The zero-order chi connectivity index (χ0) is 10.4. The highest BCUT2D eigenvalue weighted by Gasteiger charge is 2.06. The zero-order valence-corrected chi connectivity index (χ0v) is 8.54. The predicted octanol–water partition coefficient (Wildman–Crippen LogP) is 1.37. The van der Waals surface area contributed by atoms with Gasteiger partial charge in [-0.05, 0) is 18.6 Å². The van der Waals surface area contributed by atoms with Crippen molar-refractivity contribution < 1.29 is 9.53 Å². The Labute approximate surface area is 84.1 Å². The number of aryl methyl sites for hydroxylation is 1. The van der Waals surface area contributed by atoms with E-state index in [1.165, 1.54) is 0 Å². The molecule has 0 fully saturated rings. The van der Waals surface area contributed by atoms with Crippen LogP contribution in [0.4, 0.5) is 0 Å². The molecule has 3 heteroatoms. The minimum atomic E-state index is -0.0415. The first kappa shape index (κ1) is 10.7. The highest BCUT2D eigenvalue weighted by molar-refractivity contribution is 5.95. The molecule has 0 atom stereocenters. The van der Waals surface area contributed by atoms with Gasteiger partial charge in [-0.1, -0.05) is 18.2 Å². The summed E-state index contributed by atoms with van der Waals surface area (Å²) in [6, 6.07) is 7.52. The summed E-state index contributed by atoms with van der Waals surface area (Å²) < 4.78 is 4.84. The maximum Gasteiger partial charge on any atom is 0.251 e.